The summed E-state index contributed by atoms with van der Waals surface area (Å²) in [5.41, 5.74) is 1.55. The van der Waals surface area contributed by atoms with Crippen LogP contribution in [-0.4, -0.2) is 33.5 Å². The van der Waals surface area contributed by atoms with E-state index in [2.05, 4.69) is 25.6 Å². The van der Waals surface area contributed by atoms with Crippen molar-refractivity contribution in [2.45, 2.75) is 44.4 Å². The number of anilines is 3. The highest BCUT2D eigenvalue weighted by atomic mass is 19.4. The maximum atomic E-state index is 12.6. The Hall–Kier alpha value is -4.09. The number of para-hydroxylation sites is 2. The van der Waals surface area contributed by atoms with Crippen LogP contribution in [-0.2, 0) is 4.79 Å². The van der Waals surface area contributed by atoms with Gasteiger partial charge in [0.2, 0.25) is 0 Å². The average molecular weight is 504 g/mol. The standard InChI is InChI=1S/C24H23F3N4O5/c25-24(26,27)36-19-4-2-1-3-18(19)29-23-31-30-22(35-23)21(34)28-17-11-9-16(10-12-17)15-7-5-14(6-8-15)13-20(32)33/h1-4,9-12,14-15H,5-8,13H2,(H,28,34)(H,29,31)(H,32,33)/t14-,15-. The van der Waals surface area contributed by atoms with E-state index < -0.39 is 24.0 Å². The van der Waals surface area contributed by atoms with Gasteiger partial charge in [0.1, 0.15) is 0 Å². The van der Waals surface area contributed by atoms with Gasteiger partial charge in [-0.1, -0.05) is 29.4 Å². The van der Waals surface area contributed by atoms with Crippen molar-refractivity contribution in [2.24, 2.45) is 5.92 Å². The van der Waals surface area contributed by atoms with E-state index in [1.54, 1.807) is 12.1 Å². The minimum atomic E-state index is -4.88. The van der Waals surface area contributed by atoms with E-state index in [-0.39, 0.29) is 29.9 Å². The second-order valence-electron chi connectivity index (χ2n) is 8.47. The number of halogens is 3. The molecule has 0 aliphatic heterocycles. The van der Waals surface area contributed by atoms with E-state index in [0.29, 0.717) is 11.6 Å². The van der Waals surface area contributed by atoms with Gasteiger partial charge in [-0.15, -0.1) is 18.3 Å². The summed E-state index contributed by atoms with van der Waals surface area (Å²) in [4.78, 5) is 23.4. The fourth-order valence-corrected chi connectivity index (χ4v) is 4.23. The van der Waals surface area contributed by atoms with Gasteiger partial charge < -0.3 is 24.9 Å². The molecule has 3 aromatic rings. The quantitative estimate of drug-likeness (QED) is 0.356. The number of hydrogen-bond acceptors (Lipinski definition) is 7. The topological polar surface area (TPSA) is 127 Å². The lowest BCUT2D eigenvalue weighted by Crippen LogP contribution is -2.17. The number of nitrogens with zero attached hydrogens (tertiary/aromatic N) is 2. The molecule has 3 N–H and O–H groups in total. The Morgan fingerprint density at radius 1 is 1.03 bits per heavy atom. The van der Waals surface area contributed by atoms with Crippen LogP contribution >= 0.6 is 0 Å². The third kappa shape index (κ3) is 6.74. The molecule has 0 saturated heterocycles. The maximum Gasteiger partial charge on any atom is 0.573 e. The van der Waals surface area contributed by atoms with Crippen molar-refractivity contribution in [3.63, 3.8) is 0 Å². The molecule has 1 amide bonds. The second-order valence-corrected chi connectivity index (χ2v) is 8.47. The maximum absolute atomic E-state index is 12.6. The van der Waals surface area contributed by atoms with Crippen molar-refractivity contribution >= 4 is 29.3 Å². The lowest BCUT2D eigenvalue weighted by atomic mass is 9.77. The van der Waals surface area contributed by atoms with Crippen molar-refractivity contribution in [3.05, 3.63) is 60.0 Å². The molecule has 12 heteroatoms. The van der Waals surface area contributed by atoms with Crippen molar-refractivity contribution in [1.82, 2.24) is 10.2 Å². The molecule has 1 aliphatic carbocycles. The van der Waals surface area contributed by atoms with Gasteiger partial charge in [0, 0.05) is 12.1 Å². The van der Waals surface area contributed by atoms with Gasteiger partial charge in [0.05, 0.1) is 5.69 Å². The van der Waals surface area contributed by atoms with E-state index in [9.17, 15) is 22.8 Å². The highest BCUT2D eigenvalue weighted by molar-refractivity contribution is 6.00. The highest BCUT2D eigenvalue weighted by Gasteiger charge is 2.32. The van der Waals surface area contributed by atoms with E-state index in [4.69, 9.17) is 9.52 Å². The van der Waals surface area contributed by atoms with E-state index in [0.717, 1.165) is 37.3 Å². The molecule has 1 aromatic heterocycles. The first-order valence-electron chi connectivity index (χ1n) is 11.2. The molecular weight excluding hydrogens is 481 g/mol. The normalized spacial score (nSPS) is 17.9. The largest absolute Gasteiger partial charge is 0.573 e. The summed E-state index contributed by atoms with van der Waals surface area (Å²) in [5.74, 6) is -1.76. The average Bonchev–Trinajstić information content (AvgIpc) is 3.29. The number of aliphatic carboxylic acids is 1. The lowest BCUT2D eigenvalue weighted by Gasteiger charge is -2.28. The molecule has 4 rings (SSSR count). The van der Waals surface area contributed by atoms with Gasteiger partial charge in [0.25, 0.3) is 0 Å². The summed E-state index contributed by atoms with van der Waals surface area (Å²) in [6.07, 6.45) is -1.10. The summed E-state index contributed by atoms with van der Waals surface area (Å²) in [6, 6.07) is 12.3. The summed E-state index contributed by atoms with van der Waals surface area (Å²) in [6.45, 7) is 0. The number of rotatable bonds is 8. The zero-order chi connectivity index (χ0) is 25.7. The van der Waals surface area contributed by atoms with E-state index in [1.807, 2.05) is 12.1 Å². The Labute approximate surface area is 203 Å². The molecule has 2 aromatic carbocycles. The Balaban J connectivity index is 1.33. The molecule has 9 nitrogen and oxygen atoms in total. The van der Waals surface area contributed by atoms with Gasteiger partial charge in [-0.05, 0) is 67.3 Å². The number of hydrogen-bond donors (Lipinski definition) is 3. The van der Waals surface area contributed by atoms with Crippen molar-refractivity contribution < 1.29 is 37.0 Å². The summed E-state index contributed by atoms with van der Waals surface area (Å²) in [7, 11) is 0. The zero-order valence-electron chi connectivity index (χ0n) is 18.9. The predicted molar refractivity (Wildman–Crippen MR) is 122 cm³/mol. The smallest absolute Gasteiger partial charge is 0.481 e. The summed E-state index contributed by atoms with van der Waals surface area (Å²) in [5, 5.41) is 21.4. The Morgan fingerprint density at radius 2 is 1.72 bits per heavy atom. The molecule has 0 radical (unpaired) electrons. The predicted octanol–water partition coefficient (Wildman–Crippen LogP) is 5.71. The number of amides is 1. The number of benzene rings is 2. The van der Waals surface area contributed by atoms with Gasteiger partial charge in [-0.3, -0.25) is 9.59 Å². The molecule has 1 aliphatic rings. The zero-order valence-corrected chi connectivity index (χ0v) is 18.9. The molecule has 0 bridgehead atoms. The number of alkyl halides is 3. The van der Waals surface area contributed by atoms with Crippen LogP contribution in [0.3, 0.4) is 0 Å². The minimum absolute atomic E-state index is 0.0713. The summed E-state index contributed by atoms with van der Waals surface area (Å²) < 4.78 is 47.0. The highest BCUT2D eigenvalue weighted by Crippen LogP contribution is 2.37. The van der Waals surface area contributed by atoms with Crippen LogP contribution in [0.15, 0.2) is 52.9 Å². The van der Waals surface area contributed by atoms with Crippen molar-refractivity contribution in [1.29, 1.82) is 0 Å². The van der Waals surface area contributed by atoms with Crippen LogP contribution < -0.4 is 15.4 Å². The molecule has 1 saturated carbocycles. The molecule has 190 valence electrons. The van der Waals surface area contributed by atoms with Crippen LogP contribution in [0.25, 0.3) is 0 Å². The monoisotopic (exact) mass is 504 g/mol. The van der Waals surface area contributed by atoms with Crippen LogP contribution in [0, 0.1) is 5.92 Å². The minimum Gasteiger partial charge on any atom is -0.481 e. The van der Waals surface area contributed by atoms with Gasteiger partial charge in [-0.2, -0.15) is 0 Å². The first kappa shape index (κ1) is 25.0. The van der Waals surface area contributed by atoms with Crippen LogP contribution in [0.1, 0.15) is 54.3 Å². The fourth-order valence-electron chi connectivity index (χ4n) is 4.23. The lowest BCUT2D eigenvalue weighted by molar-refractivity contribution is -0.274. The fraction of sp³-hybridized carbons (Fsp3) is 0.333. The molecule has 1 fully saturated rings. The number of aromatic nitrogens is 2. The van der Waals surface area contributed by atoms with Crippen LogP contribution in [0.2, 0.25) is 0 Å². The van der Waals surface area contributed by atoms with Gasteiger partial charge in [-0.25, -0.2) is 0 Å². The van der Waals surface area contributed by atoms with Crippen LogP contribution in [0.4, 0.5) is 30.6 Å². The van der Waals surface area contributed by atoms with Gasteiger partial charge in [0.15, 0.2) is 5.75 Å². The third-order valence-electron chi connectivity index (χ3n) is 5.92. The number of carbonyl (C=O) groups excluding carboxylic acids is 1. The molecule has 0 spiro atoms. The van der Waals surface area contributed by atoms with Crippen molar-refractivity contribution in [2.75, 3.05) is 10.6 Å². The molecule has 36 heavy (non-hydrogen) atoms. The molecule has 0 atom stereocenters. The van der Waals surface area contributed by atoms with Gasteiger partial charge >= 0.3 is 30.1 Å². The van der Waals surface area contributed by atoms with Crippen LogP contribution in [0.5, 0.6) is 5.75 Å². The number of carboxylic acids is 1. The number of nitrogens with one attached hydrogen (secondary N) is 2. The first-order chi connectivity index (χ1) is 17.2. The molecular formula is C24H23F3N4O5. The number of ether oxygens (including phenoxy) is 1. The Kier molecular flexibility index (Phi) is 7.41. The summed E-state index contributed by atoms with van der Waals surface area (Å²) >= 11 is 0. The second kappa shape index (κ2) is 10.7. The number of carbonyl (C=O) groups is 2. The van der Waals surface area contributed by atoms with E-state index in [1.165, 1.54) is 18.2 Å². The number of carboxylic acid groups (broad SMARTS) is 1. The Morgan fingerprint density at radius 3 is 2.39 bits per heavy atom. The molecule has 1 heterocycles. The Bertz CT molecular complexity index is 1200. The molecule has 0 unspecified atom stereocenters. The SMILES string of the molecule is O=C(O)C[C@H]1CC[C@H](c2ccc(NC(=O)c3nnc(Nc4ccccc4OC(F)(F)F)o3)cc2)CC1. The van der Waals surface area contributed by atoms with Crippen molar-refractivity contribution in [3.8, 4) is 5.75 Å². The first-order valence-corrected chi connectivity index (χ1v) is 11.2. The van der Waals surface area contributed by atoms with E-state index >= 15 is 0 Å². The third-order valence-corrected chi connectivity index (χ3v) is 5.92.